The normalized spacial score (nSPS) is 21.5. The number of ether oxygens (including phenoxy) is 1. The third kappa shape index (κ3) is 2.14. The highest BCUT2D eigenvalue weighted by Crippen LogP contribution is 2.28. The first-order valence-corrected chi connectivity index (χ1v) is 7.10. The Balaban J connectivity index is 1.42. The largest absolute Gasteiger partial charge is 0.485 e. The smallest absolute Gasteiger partial charge is 0.142 e. The van der Waals surface area contributed by atoms with Gasteiger partial charge in [0.2, 0.25) is 0 Å². The molecule has 0 radical (unpaired) electrons. The van der Waals surface area contributed by atoms with Gasteiger partial charge in [0.1, 0.15) is 17.7 Å². The van der Waals surface area contributed by atoms with E-state index in [1.54, 1.807) is 0 Å². The lowest BCUT2D eigenvalue weighted by Gasteiger charge is -2.33. The lowest BCUT2D eigenvalue weighted by Crippen LogP contribution is -2.44. The summed E-state index contributed by atoms with van der Waals surface area (Å²) >= 11 is 0. The minimum Gasteiger partial charge on any atom is -0.485 e. The van der Waals surface area contributed by atoms with Crippen LogP contribution in [0.5, 0.6) is 5.75 Å². The van der Waals surface area contributed by atoms with Crippen LogP contribution >= 0.6 is 0 Å². The van der Waals surface area contributed by atoms with Crippen molar-refractivity contribution >= 4 is 5.69 Å². The van der Waals surface area contributed by atoms with Gasteiger partial charge in [0, 0.05) is 32.0 Å². The molecular weight excluding hydrogens is 252 g/mol. The fraction of sp³-hybridized carbons (Fsp3) is 0.400. The summed E-state index contributed by atoms with van der Waals surface area (Å²) in [4.78, 5) is 6.82. The molecule has 5 nitrogen and oxygen atoms in total. The number of nitrogens with one attached hydrogen (secondary N) is 1. The zero-order valence-electron chi connectivity index (χ0n) is 11.3. The van der Waals surface area contributed by atoms with Crippen molar-refractivity contribution in [3.63, 3.8) is 0 Å². The lowest BCUT2D eigenvalue weighted by molar-refractivity contribution is 0.116. The molecule has 0 aliphatic carbocycles. The van der Waals surface area contributed by atoms with E-state index in [-0.39, 0.29) is 6.10 Å². The third-order valence-electron chi connectivity index (χ3n) is 3.99. The minimum absolute atomic E-state index is 0.200. The number of nitrogens with zero attached hydrogens (tertiary/aromatic N) is 3. The summed E-state index contributed by atoms with van der Waals surface area (Å²) in [5.41, 5.74) is 1.10. The molecule has 0 amide bonds. The first kappa shape index (κ1) is 11.8. The fourth-order valence-electron chi connectivity index (χ4n) is 2.93. The van der Waals surface area contributed by atoms with Crippen molar-refractivity contribution in [3.05, 3.63) is 42.5 Å². The minimum atomic E-state index is 0.200. The van der Waals surface area contributed by atoms with E-state index in [1.165, 1.54) is 0 Å². The Morgan fingerprint density at radius 3 is 3.25 bits per heavy atom. The van der Waals surface area contributed by atoms with E-state index in [0.29, 0.717) is 0 Å². The van der Waals surface area contributed by atoms with Gasteiger partial charge in [0.05, 0.1) is 18.8 Å². The third-order valence-corrected chi connectivity index (χ3v) is 3.99. The van der Waals surface area contributed by atoms with E-state index in [9.17, 15) is 0 Å². The summed E-state index contributed by atoms with van der Waals surface area (Å²) in [6.07, 6.45) is 4.14. The fourth-order valence-corrected chi connectivity index (χ4v) is 2.93. The van der Waals surface area contributed by atoms with E-state index in [2.05, 4.69) is 32.0 Å². The van der Waals surface area contributed by atoms with Gasteiger partial charge in [0.15, 0.2) is 0 Å². The number of hydrogen-bond acceptors (Lipinski definition) is 4. The van der Waals surface area contributed by atoms with Gasteiger partial charge in [-0.05, 0) is 12.1 Å². The molecule has 1 unspecified atom stereocenters. The van der Waals surface area contributed by atoms with Crippen molar-refractivity contribution in [2.24, 2.45) is 0 Å². The van der Waals surface area contributed by atoms with Gasteiger partial charge in [-0.3, -0.25) is 4.90 Å². The van der Waals surface area contributed by atoms with Crippen LogP contribution in [0, 0.1) is 0 Å². The van der Waals surface area contributed by atoms with Gasteiger partial charge in [0.25, 0.3) is 0 Å². The van der Waals surface area contributed by atoms with Crippen LogP contribution in [-0.4, -0.2) is 40.2 Å². The summed E-state index contributed by atoms with van der Waals surface area (Å²) in [5, 5.41) is 3.44. The number of anilines is 1. The Kier molecular flexibility index (Phi) is 2.85. The number of rotatable bonds is 2. The van der Waals surface area contributed by atoms with Gasteiger partial charge < -0.3 is 14.6 Å². The quantitative estimate of drug-likeness (QED) is 0.899. The van der Waals surface area contributed by atoms with Crippen LogP contribution < -0.4 is 10.1 Å². The molecule has 2 aliphatic heterocycles. The van der Waals surface area contributed by atoms with E-state index < -0.39 is 0 Å². The van der Waals surface area contributed by atoms with Gasteiger partial charge in [-0.15, -0.1) is 0 Å². The molecule has 5 heteroatoms. The van der Waals surface area contributed by atoms with Crippen LogP contribution in [0.1, 0.15) is 5.82 Å². The number of aromatic nitrogens is 2. The molecule has 1 aromatic heterocycles. The number of hydrogen-bond donors (Lipinski definition) is 1. The molecule has 0 bridgehead atoms. The van der Waals surface area contributed by atoms with Crippen molar-refractivity contribution in [2.45, 2.75) is 19.2 Å². The van der Waals surface area contributed by atoms with Crippen molar-refractivity contribution in [2.75, 3.05) is 25.0 Å². The monoisotopic (exact) mass is 270 g/mol. The van der Waals surface area contributed by atoms with Gasteiger partial charge in [-0.1, -0.05) is 12.1 Å². The van der Waals surface area contributed by atoms with Crippen LogP contribution in [0.15, 0.2) is 36.7 Å². The molecule has 2 aromatic rings. The zero-order valence-corrected chi connectivity index (χ0v) is 11.3. The van der Waals surface area contributed by atoms with E-state index >= 15 is 0 Å². The average Bonchev–Trinajstić information content (AvgIpc) is 2.95. The van der Waals surface area contributed by atoms with Gasteiger partial charge in [-0.25, -0.2) is 4.98 Å². The summed E-state index contributed by atoms with van der Waals surface area (Å²) < 4.78 is 8.30. The van der Waals surface area contributed by atoms with Crippen LogP contribution in [0.2, 0.25) is 0 Å². The molecule has 0 saturated carbocycles. The summed E-state index contributed by atoms with van der Waals surface area (Å²) in [5.74, 6) is 2.11. The molecule has 1 aromatic carbocycles. The molecule has 1 atom stereocenters. The topological polar surface area (TPSA) is 42.3 Å². The predicted molar refractivity (Wildman–Crippen MR) is 76.9 cm³/mol. The maximum atomic E-state index is 6.07. The molecule has 3 heterocycles. The molecule has 0 spiro atoms. The molecule has 20 heavy (non-hydrogen) atoms. The zero-order chi connectivity index (χ0) is 13.4. The Hall–Kier alpha value is -2.01. The molecule has 0 saturated heterocycles. The maximum absolute atomic E-state index is 6.07. The van der Waals surface area contributed by atoms with Crippen LogP contribution in [0.3, 0.4) is 0 Å². The first-order chi connectivity index (χ1) is 9.88. The van der Waals surface area contributed by atoms with Crippen molar-refractivity contribution in [3.8, 4) is 5.75 Å². The highest BCUT2D eigenvalue weighted by molar-refractivity contribution is 5.57. The summed E-state index contributed by atoms with van der Waals surface area (Å²) in [6, 6.07) is 8.13. The standard InChI is InChI=1S/C15H18N4O/c1-2-4-14-13(3-1)17-9-12(20-14)10-18-7-8-19-6-5-16-15(19)11-18/h1-6,12,17H,7-11H2. The Bertz CT molecular complexity index is 609. The SMILES string of the molecule is c1ccc2c(c1)NCC(CN1CCn3ccnc3C1)O2. The number of imidazole rings is 1. The highest BCUT2D eigenvalue weighted by Gasteiger charge is 2.24. The van der Waals surface area contributed by atoms with Crippen molar-refractivity contribution < 1.29 is 4.74 Å². The Morgan fingerprint density at radius 2 is 2.25 bits per heavy atom. The molecule has 2 aliphatic rings. The lowest BCUT2D eigenvalue weighted by atomic mass is 10.2. The van der Waals surface area contributed by atoms with Crippen molar-refractivity contribution in [1.29, 1.82) is 0 Å². The van der Waals surface area contributed by atoms with Crippen LogP contribution in [-0.2, 0) is 13.1 Å². The molecule has 0 fully saturated rings. The van der Waals surface area contributed by atoms with E-state index in [0.717, 1.165) is 50.0 Å². The van der Waals surface area contributed by atoms with Gasteiger partial charge in [-0.2, -0.15) is 0 Å². The molecule has 104 valence electrons. The Morgan fingerprint density at radius 1 is 1.30 bits per heavy atom. The van der Waals surface area contributed by atoms with E-state index in [1.807, 2.05) is 24.4 Å². The maximum Gasteiger partial charge on any atom is 0.142 e. The molecule has 4 rings (SSSR count). The highest BCUT2D eigenvalue weighted by atomic mass is 16.5. The second-order valence-electron chi connectivity index (χ2n) is 5.39. The van der Waals surface area contributed by atoms with Crippen LogP contribution in [0.4, 0.5) is 5.69 Å². The van der Waals surface area contributed by atoms with Crippen molar-refractivity contribution in [1.82, 2.24) is 14.5 Å². The Labute approximate surface area is 118 Å². The second kappa shape index (κ2) is 4.83. The average molecular weight is 270 g/mol. The van der Waals surface area contributed by atoms with Crippen LogP contribution in [0.25, 0.3) is 0 Å². The van der Waals surface area contributed by atoms with Gasteiger partial charge >= 0.3 is 0 Å². The molecular formula is C15H18N4O. The predicted octanol–water partition coefficient (Wildman–Crippen LogP) is 1.57. The number of benzene rings is 1. The second-order valence-corrected chi connectivity index (χ2v) is 5.39. The first-order valence-electron chi connectivity index (χ1n) is 7.10. The summed E-state index contributed by atoms with van der Waals surface area (Å²) in [7, 11) is 0. The number of para-hydroxylation sites is 2. The molecule has 1 N–H and O–H groups in total. The van der Waals surface area contributed by atoms with E-state index in [4.69, 9.17) is 4.74 Å². The number of fused-ring (bicyclic) bond motifs is 2. The summed E-state index contributed by atoms with van der Waals surface area (Å²) in [6.45, 7) is 4.79.